The smallest absolute Gasteiger partial charge is 0.0300 e. The molecule has 0 aliphatic heterocycles. The summed E-state index contributed by atoms with van der Waals surface area (Å²) in [7, 11) is 0. The molecule has 0 fully saturated rings. The highest BCUT2D eigenvalue weighted by Gasteiger charge is 2.00. The summed E-state index contributed by atoms with van der Waals surface area (Å²) in [6.45, 7) is 5.19. The van der Waals surface area contributed by atoms with Gasteiger partial charge >= 0.3 is 0 Å². The molecule has 0 aromatic carbocycles. The zero-order chi connectivity index (χ0) is 11.8. The molecular weight excluding hydrogens is 284 g/mol. The van der Waals surface area contributed by atoms with Gasteiger partial charge in [0.15, 0.2) is 0 Å². The van der Waals surface area contributed by atoms with Gasteiger partial charge in [-0.25, -0.2) is 0 Å². The molecule has 4 heteroatoms. The summed E-state index contributed by atoms with van der Waals surface area (Å²) >= 11 is 5.26. The third kappa shape index (κ3) is 5.99. The van der Waals surface area contributed by atoms with E-state index >= 15 is 0 Å². The van der Waals surface area contributed by atoms with Crippen LogP contribution in [0.5, 0.6) is 0 Å². The van der Waals surface area contributed by atoms with Crippen LogP contribution in [0, 0.1) is 5.92 Å². The standard InChI is InChI=1S/C12H21BrN2S/c1-10(4-5-14)3-2-6-15-8-12-7-11(13)9-16-12/h7,9-10,15H,2-6,8,14H2,1H3. The van der Waals surface area contributed by atoms with Crippen LogP contribution in [0.25, 0.3) is 0 Å². The van der Waals surface area contributed by atoms with Crippen LogP contribution in [0.15, 0.2) is 15.9 Å². The second-order valence-corrected chi connectivity index (χ2v) is 6.14. The molecular formula is C12H21BrN2S. The van der Waals surface area contributed by atoms with E-state index in [1.54, 1.807) is 11.3 Å². The molecule has 1 heterocycles. The van der Waals surface area contributed by atoms with Gasteiger partial charge in [-0.05, 0) is 60.3 Å². The van der Waals surface area contributed by atoms with Gasteiger partial charge in [-0.15, -0.1) is 11.3 Å². The first-order valence-corrected chi connectivity index (χ1v) is 7.53. The second kappa shape index (κ2) is 8.23. The van der Waals surface area contributed by atoms with Crippen molar-refractivity contribution < 1.29 is 0 Å². The van der Waals surface area contributed by atoms with Crippen LogP contribution in [-0.2, 0) is 6.54 Å². The summed E-state index contributed by atoms with van der Waals surface area (Å²) < 4.78 is 1.19. The lowest BCUT2D eigenvalue weighted by Gasteiger charge is -2.09. The van der Waals surface area contributed by atoms with Crippen LogP contribution in [0.3, 0.4) is 0 Å². The topological polar surface area (TPSA) is 38.0 Å². The summed E-state index contributed by atoms with van der Waals surface area (Å²) in [5, 5.41) is 5.60. The molecule has 0 aliphatic carbocycles. The molecule has 1 atom stereocenters. The fourth-order valence-electron chi connectivity index (χ4n) is 1.66. The lowest BCUT2D eigenvalue weighted by Crippen LogP contribution is -2.15. The number of hydrogen-bond donors (Lipinski definition) is 2. The summed E-state index contributed by atoms with van der Waals surface area (Å²) in [5.41, 5.74) is 5.52. The van der Waals surface area contributed by atoms with Crippen molar-refractivity contribution in [2.75, 3.05) is 13.1 Å². The van der Waals surface area contributed by atoms with Gasteiger partial charge in [-0.1, -0.05) is 6.92 Å². The Kier molecular flexibility index (Phi) is 7.28. The van der Waals surface area contributed by atoms with Gasteiger partial charge in [-0.2, -0.15) is 0 Å². The van der Waals surface area contributed by atoms with Crippen molar-refractivity contribution in [3.8, 4) is 0 Å². The van der Waals surface area contributed by atoms with Crippen LogP contribution in [-0.4, -0.2) is 13.1 Å². The Balaban J connectivity index is 2.00. The zero-order valence-corrected chi connectivity index (χ0v) is 12.2. The van der Waals surface area contributed by atoms with E-state index in [4.69, 9.17) is 5.73 Å². The highest BCUT2D eigenvalue weighted by atomic mass is 79.9. The number of rotatable bonds is 8. The van der Waals surface area contributed by atoms with E-state index in [2.05, 4.69) is 39.6 Å². The molecule has 92 valence electrons. The van der Waals surface area contributed by atoms with E-state index < -0.39 is 0 Å². The van der Waals surface area contributed by atoms with Crippen molar-refractivity contribution in [2.24, 2.45) is 11.7 Å². The van der Waals surface area contributed by atoms with Gasteiger partial charge in [0.05, 0.1) is 0 Å². The predicted molar refractivity (Wildman–Crippen MR) is 75.8 cm³/mol. The molecule has 1 rings (SSSR count). The summed E-state index contributed by atoms with van der Waals surface area (Å²) in [6.07, 6.45) is 3.67. The van der Waals surface area contributed by atoms with Crippen molar-refractivity contribution in [3.05, 3.63) is 20.8 Å². The SMILES string of the molecule is CC(CCN)CCCNCc1cc(Br)cs1. The van der Waals surface area contributed by atoms with Crippen LogP contribution >= 0.6 is 27.3 Å². The van der Waals surface area contributed by atoms with Gasteiger partial charge in [0.1, 0.15) is 0 Å². The molecule has 0 aliphatic rings. The van der Waals surface area contributed by atoms with E-state index in [-0.39, 0.29) is 0 Å². The summed E-state index contributed by atoms with van der Waals surface area (Å²) in [6, 6.07) is 2.18. The average Bonchev–Trinajstić information content (AvgIpc) is 2.64. The zero-order valence-electron chi connectivity index (χ0n) is 9.84. The van der Waals surface area contributed by atoms with Crippen molar-refractivity contribution in [3.63, 3.8) is 0 Å². The van der Waals surface area contributed by atoms with Crippen LogP contribution in [0.4, 0.5) is 0 Å². The third-order valence-electron chi connectivity index (χ3n) is 2.63. The Labute approximate surface area is 111 Å². The minimum atomic E-state index is 0.766. The van der Waals surface area contributed by atoms with Crippen LogP contribution < -0.4 is 11.1 Å². The van der Waals surface area contributed by atoms with Crippen molar-refractivity contribution in [2.45, 2.75) is 32.7 Å². The molecule has 16 heavy (non-hydrogen) atoms. The Morgan fingerprint density at radius 3 is 2.94 bits per heavy atom. The molecule has 0 bridgehead atoms. The number of nitrogens with one attached hydrogen (secondary N) is 1. The minimum absolute atomic E-state index is 0.766. The second-order valence-electron chi connectivity index (χ2n) is 4.23. The monoisotopic (exact) mass is 304 g/mol. The summed E-state index contributed by atoms with van der Waals surface area (Å²) in [5.74, 6) is 0.766. The molecule has 0 saturated carbocycles. The maximum absolute atomic E-state index is 5.52. The molecule has 0 saturated heterocycles. The maximum atomic E-state index is 5.52. The van der Waals surface area contributed by atoms with Crippen molar-refractivity contribution >= 4 is 27.3 Å². The van der Waals surface area contributed by atoms with Crippen LogP contribution in [0.1, 0.15) is 31.1 Å². The molecule has 1 unspecified atom stereocenters. The molecule has 2 nitrogen and oxygen atoms in total. The molecule has 0 radical (unpaired) electrons. The Hall–Kier alpha value is 0.1000. The van der Waals surface area contributed by atoms with Gasteiger partial charge < -0.3 is 11.1 Å². The van der Waals surface area contributed by atoms with Gasteiger partial charge in [0.2, 0.25) is 0 Å². The molecule has 3 N–H and O–H groups in total. The first-order chi connectivity index (χ1) is 7.72. The minimum Gasteiger partial charge on any atom is -0.330 e. The number of hydrogen-bond acceptors (Lipinski definition) is 3. The number of halogens is 1. The lowest BCUT2D eigenvalue weighted by molar-refractivity contribution is 0.469. The van der Waals surface area contributed by atoms with Gasteiger partial charge in [-0.3, -0.25) is 0 Å². The van der Waals surface area contributed by atoms with E-state index in [0.29, 0.717) is 0 Å². The Morgan fingerprint density at radius 2 is 2.31 bits per heavy atom. The summed E-state index contributed by atoms with van der Waals surface area (Å²) in [4.78, 5) is 1.39. The number of nitrogens with two attached hydrogens (primary N) is 1. The Bertz CT molecular complexity index is 288. The van der Waals surface area contributed by atoms with Crippen molar-refractivity contribution in [1.29, 1.82) is 0 Å². The number of thiophene rings is 1. The van der Waals surface area contributed by atoms with E-state index in [9.17, 15) is 0 Å². The molecule has 0 spiro atoms. The molecule has 1 aromatic rings. The highest BCUT2D eigenvalue weighted by molar-refractivity contribution is 9.10. The van der Waals surface area contributed by atoms with Crippen molar-refractivity contribution in [1.82, 2.24) is 5.32 Å². The Morgan fingerprint density at radius 1 is 1.50 bits per heavy atom. The van der Waals surface area contributed by atoms with Gasteiger partial charge in [0.25, 0.3) is 0 Å². The van der Waals surface area contributed by atoms with E-state index in [1.165, 1.54) is 22.2 Å². The average molecular weight is 305 g/mol. The normalized spacial score (nSPS) is 12.9. The quantitative estimate of drug-likeness (QED) is 0.723. The first kappa shape index (κ1) is 14.2. The third-order valence-corrected chi connectivity index (χ3v) is 4.33. The highest BCUT2D eigenvalue weighted by Crippen LogP contribution is 2.19. The fraction of sp³-hybridized carbons (Fsp3) is 0.667. The predicted octanol–water partition coefficient (Wildman–Crippen LogP) is 3.37. The van der Waals surface area contributed by atoms with E-state index in [1.807, 2.05) is 0 Å². The van der Waals surface area contributed by atoms with Crippen LogP contribution in [0.2, 0.25) is 0 Å². The van der Waals surface area contributed by atoms with E-state index in [0.717, 1.165) is 32.0 Å². The fourth-order valence-corrected chi connectivity index (χ4v) is 3.08. The van der Waals surface area contributed by atoms with Gasteiger partial charge in [0, 0.05) is 21.3 Å². The maximum Gasteiger partial charge on any atom is 0.0300 e. The first-order valence-electron chi connectivity index (χ1n) is 5.86. The molecule has 1 aromatic heterocycles. The molecule has 0 amide bonds. The largest absolute Gasteiger partial charge is 0.330 e. The lowest BCUT2D eigenvalue weighted by atomic mass is 10.0.